The molecule has 0 saturated carbocycles. The molecular formula is C108H74O8S8. The molecule has 0 aliphatic carbocycles. The van der Waals surface area contributed by atoms with E-state index in [1.54, 1.807) is 47.0 Å². The predicted molar refractivity (Wildman–Crippen MR) is 513 cm³/mol. The van der Waals surface area contributed by atoms with Gasteiger partial charge in [0, 0.05) is 123 Å². The van der Waals surface area contributed by atoms with E-state index >= 15 is 0 Å². The molecule has 18 aromatic rings. The summed E-state index contributed by atoms with van der Waals surface area (Å²) in [6, 6.07) is 122. The molecule has 0 amide bonds. The standard InChI is InChI=1S/C108H74O8S8/c109-49-51-111-83-41-33-65-17-1-5-21-75(65)103(83)105-77-23-7-3-19-67(77)35-43-85(105)113-53-55-115-107-79(69-37-45-95-99(61-69)121-91-29-13-9-25-87(91)117-95)57-73(58-80(107)70-38-46-96-100(62-70)122-92-30-14-10-26-88(92)118-96)74-59-81(71-39-47-97-101(63-71)123-93-31-15-11-27-89(93)119-97)108(82(60-74)72-40-48-98-102(64-72)124-94-32-16-12-28-90(94)120-98)116-56-54-114-86-44-36-68-20-4-8-24-78(68)106(86)104-76-22-6-2-18-66(76)34-42-84(104)112-52-50-110/h1-48,57-64,109-110H,49-56H2. The largest absolute Gasteiger partial charge is 0.491 e. The summed E-state index contributed by atoms with van der Waals surface area (Å²) in [5.74, 6) is 4.13. The van der Waals surface area contributed by atoms with Crippen molar-refractivity contribution in [3.05, 3.63) is 340 Å². The number of hydrogen-bond acceptors (Lipinski definition) is 16. The molecule has 0 fully saturated rings. The molecule has 0 atom stereocenters. The van der Waals surface area contributed by atoms with Gasteiger partial charge in [-0.15, -0.1) is 0 Å². The van der Waals surface area contributed by atoms with Gasteiger partial charge in [-0.05, 0) is 222 Å². The lowest BCUT2D eigenvalue weighted by Gasteiger charge is -2.24. The highest BCUT2D eigenvalue weighted by Gasteiger charge is 2.30. The fraction of sp³-hybridized carbons (Fsp3) is 0.0741. The Morgan fingerprint density at radius 1 is 0.177 bits per heavy atom. The van der Waals surface area contributed by atoms with Gasteiger partial charge in [0.2, 0.25) is 0 Å². The van der Waals surface area contributed by atoms with Crippen LogP contribution in [-0.4, -0.2) is 63.1 Å². The van der Waals surface area contributed by atoms with Gasteiger partial charge < -0.3 is 38.6 Å². The number of ether oxygens (including phenoxy) is 6. The number of aliphatic hydroxyl groups is 2. The van der Waals surface area contributed by atoms with Crippen LogP contribution < -0.4 is 28.4 Å². The summed E-state index contributed by atoms with van der Waals surface area (Å²) in [7, 11) is 0. The molecule has 0 aromatic heterocycles. The maximum absolute atomic E-state index is 10.2. The van der Waals surface area contributed by atoms with E-state index in [1.807, 2.05) is 59.2 Å². The van der Waals surface area contributed by atoms with E-state index in [-0.39, 0.29) is 52.9 Å². The summed E-state index contributed by atoms with van der Waals surface area (Å²) >= 11 is 14.5. The van der Waals surface area contributed by atoms with Crippen LogP contribution >= 0.6 is 94.1 Å². The molecule has 2 N–H and O–H groups in total. The molecule has 0 spiro atoms. The highest BCUT2D eigenvalue weighted by atomic mass is 32.2. The molecule has 4 aliphatic heterocycles. The van der Waals surface area contributed by atoms with E-state index < -0.39 is 0 Å². The topological polar surface area (TPSA) is 95.8 Å². The molecule has 0 unspecified atom stereocenters. The first-order chi connectivity index (χ1) is 61.3. The number of hydrogen-bond donors (Lipinski definition) is 2. The van der Waals surface area contributed by atoms with Crippen molar-refractivity contribution >= 4 is 137 Å². The zero-order chi connectivity index (χ0) is 82.6. The van der Waals surface area contributed by atoms with Crippen LogP contribution in [0.25, 0.3) is 121 Å². The van der Waals surface area contributed by atoms with Crippen LogP contribution in [-0.2, 0) is 0 Å². The van der Waals surface area contributed by atoms with Crippen molar-refractivity contribution < 1.29 is 38.6 Å². The average molecular weight is 1760 g/mol. The summed E-state index contributed by atoms with van der Waals surface area (Å²) in [4.78, 5) is 19.2. The van der Waals surface area contributed by atoms with Gasteiger partial charge in [-0.3, -0.25) is 0 Å². The molecular weight excluding hydrogens is 1680 g/mol. The molecule has 22 rings (SSSR count). The van der Waals surface area contributed by atoms with Crippen molar-refractivity contribution in [2.45, 2.75) is 78.3 Å². The van der Waals surface area contributed by atoms with Gasteiger partial charge in [0.25, 0.3) is 0 Å². The smallest absolute Gasteiger partial charge is 0.135 e. The van der Waals surface area contributed by atoms with Gasteiger partial charge in [0.1, 0.15) is 74.1 Å². The SMILES string of the molecule is OCCOc1ccc2ccccc2c1-c1c(OCCOc2c(-c3ccc4c(c3)Sc3ccccc3S4)cc(-c3cc(-c4ccc5c(c4)Sc4ccccc4S5)c(OCCOc4ccc5ccccc5c4-c4c(OCCO)ccc5ccccc45)c(-c4ccc5c(c4)Sc4ccccc4S5)c3)cc2-c2ccc3c(c2)Sc2ccccc2S3)ccc2ccccc12. The Balaban J connectivity index is 0.726. The number of fused-ring (bicyclic) bond motifs is 12. The second kappa shape index (κ2) is 34.6. The Bertz CT molecular complexity index is 6620. The van der Waals surface area contributed by atoms with E-state index in [4.69, 9.17) is 28.4 Å². The van der Waals surface area contributed by atoms with Crippen molar-refractivity contribution in [3.8, 4) is 112 Å². The van der Waals surface area contributed by atoms with Crippen molar-refractivity contribution in [3.63, 3.8) is 0 Å². The van der Waals surface area contributed by atoms with Crippen LogP contribution in [0, 0.1) is 0 Å². The van der Waals surface area contributed by atoms with Crippen LogP contribution in [0.3, 0.4) is 0 Å². The molecule has 4 aliphatic rings. The summed E-state index contributed by atoms with van der Waals surface area (Å²) < 4.78 is 42.6. The van der Waals surface area contributed by atoms with E-state index in [0.29, 0.717) is 23.0 Å². The Morgan fingerprint density at radius 3 is 0.637 bits per heavy atom. The molecule has 16 heteroatoms. The van der Waals surface area contributed by atoms with Crippen molar-refractivity contribution in [2.24, 2.45) is 0 Å². The molecule has 0 saturated heterocycles. The van der Waals surface area contributed by atoms with Gasteiger partial charge in [0.15, 0.2) is 0 Å². The van der Waals surface area contributed by atoms with Gasteiger partial charge in [-0.1, -0.05) is 288 Å². The number of benzene rings is 18. The van der Waals surface area contributed by atoms with Gasteiger partial charge in [0.05, 0.1) is 13.2 Å². The molecule has 124 heavy (non-hydrogen) atoms. The first-order valence-corrected chi connectivity index (χ1v) is 47.7. The predicted octanol–water partition coefficient (Wildman–Crippen LogP) is 30.1. The zero-order valence-corrected chi connectivity index (χ0v) is 73.1. The molecule has 0 radical (unpaired) electrons. The third-order valence-electron chi connectivity index (χ3n) is 22.6. The Labute approximate surface area is 752 Å². The molecule has 0 bridgehead atoms. The number of rotatable bonds is 23. The monoisotopic (exact) mass is 1750 g/mol. The maximum Gasteiger partial charge on any atom is 0.135 e. The minimum Gasteiger partial charge on any atom is -0.491 e. The maximum atomic E-state index is 10.2. The molecule has 18 aromatic carbocycles. The second-order valence-electron chi connectivity index (χ2n) is 30.2. The zero-order valence-electron chi connectivity index (χ0n) is 66.6. The van der Waals surface area contributed by atoms with E-state index in [1.165, 1.54) is 58.7 Å². The molecule has 602 valence electrons. The highest BCUT2D eigenvalue weighted by molar-refractivity contribution is 8.06. The molecule has 4 heterocycles. The summed E-state index contributed by atoms with van der Waals surface area (Å²) in [6.07, 6.45) is 0. The van der Waals surface area contributed by atoms with Crippen LogP contribution in [0.1, 0.15) is 0 Å². The third-order valence-corrected chi connectivity index (χ3v) is 32.8. The summed E-state index contributed by atoms with van der Waals surface area (Å²) in [5.41, 5.74) is 13.2. The second-order valence-corrected chi connectivity index (χ2v) is 38.9. The van der Waals surface area contributed by atoms with E-state index in [9.17, 15) is 10.2 Å². The summed E-state index contributed by atoms with van der Waals surface area (Å²) in [6.45, 7) is 0.720. The summed E-state index contributed by atoms with van der Waals surface area (Å²) in [5, 5.41) is 28.7. The first-order valence-electron chi connectivity index (χ1n) is 41.1. The van der Waals surface area contributed by atoms with Crippen LogP contribution in [0.4, 0.5) is 0 Å². The third kappa shape index (κ3) is 15.3. The average Bonchev–Trinajstić information content (AvgIpc) is 0.776. The van der Waals surface area contributed by atoms with Gasteiger partial charge in [-0.2, -0.15) is 0 Å². The van der Waals surface area contributed by atoms with Crippen LogP contribution in [0.2, 0.25) is 0 Å². The lowest BCUT2D eigenvalue weighted by molar-refractivity contribution is 0.202. The lowest BCUT2D eigenvalue weighted by atomic mass is 9.88. The van der Waals surface area contributed by atoms with Crippen molar-refractivity contribution in [1.29, 1.82) is 0 Å². The van der Waals surface area contributed by atoms with Gasteiger partial charge >= 0.3 is 0 Å². The van der Waals surface area contributed by atoms with Crippen molar-refractivity contribution in [1.82, 2.24) is 0 Å². The fourth-order valence-corrected chi connectivity index (χ4v) is 26.0. The fourth-order valence-electron chi connectivity index (χ4n) is 17.0. The Kier molecular flexibility index (Phi) is 21.9. The van der Waals surface area contributed by atoms with E-state index in [2.05, 4.69) is 328 Å². The van der Waals surface area contributed by atoms with Gasteiger partial charge in [-0.25, -0.2) is 0 Å². The number of aliphatic hydroxyl groups excluding tert-OH is 2. The first kappa shape index (κ1) is 78.5. The van der Waals surface area contributed by atoms with E-state index in [0.717, 1.165) is 152 Å². The normalized spacial score (nSPS) is 12.8. The van der Waals surface area contributed by atoms with Crippen molar-refractivity contribution in [2.75, 3.05) is 52.9 Å². The van der Waals surface area contributed by atoms with Crippen LogP contribution in [0.5, 0.6) is 34.5 Å². The Morgan fingerprint density at radius 2 is 0.387 bits per heavy atom. The Hall–Kier alpha value is -11.5. The minimum atomic E-state index is -0.133. The molecule has 8 nitrogen and oxygen atoms in total. The minimum absolute atomic E-state index is 0.132. The quantitative estimate of drug-likeness (QED) is 0.0595. The highest BCUT2D eigenvalue weighted by Crippen LogP contribution is 2.58. The lowest BCUT2D eigenvalue weighted by Crippen LogP contribution is -2.11. The van der Waals surface area contributed by atoms with Crippen LogP contribution in [0.15, 0.2) is 418 Å².